The second-order valence-corrected chi connectivity index (χ2v) is 2.35. The summed E-state index contributed by atoms with van der Waals surface area (Å²) in [5.41, 5.74) is 0. The molecule has 52 valence electrons. The number of terminal acetylenes is 1. The first-order valence-electron chi connectivity index (χ1n) is 3.45. The van der Waals surface area contributed by atoms with Crippen LogP contribution in [0.15, 0.2) is 0 Å². The highest BCUT2D eigenvalue weighted by Crippen LogP contribution is 1.95. The number of nitrogens with one attached hydrogen (secondary N) is 1. The lowest BCUT2D eigenvalue weighted by Gasteiger charge is -2.06. The van der Waals surface area contributed by atoms with Crippen molar-refractivity contribution in [3.8, 4) is 12.3 Å². The monoisotopic (exact) mass is 125 g/mol. The molecule has 0 saturated heterocycles. The summed E-state index contributed by atoms with van der Waals surface area (Å²) in [6, 6.07) is 0. The Morgan fingerprint density at radius 3 is 2.78 bits per heavy atom. The lowest BCUT2D eigenvalue weighted by molar-refractivity contribution is 0.518. The average molecular weight is 125 g/mol. The van der Waals surface area contributed by atoms with Crippen LogP contribution in [0, 0.1) is 18.3 Å². The van der Waals surface area contributed by atoms with Crippen LogP contribution >= 0.6 is 0 Å². The van der Waals surface area contributed by atoms with Gasteiger partial charge in [0.2, 0.25) is 0 Å². The van der Waals surface area contributed by atoms with Crippen molar-refractivity contribution >= 4 is 0 Å². The largest absolute Gasteiger partial charge is 0.306 e. The Morgan fingerprint density at radius 1 is 1.67 bits per heavy atom. The highest BCUT2D eigenvalue weighted by atomic mass is 14.8. The zero-order valence-corrected chi connectivity index (χ0v) is 6.28. The fraction of sp³-hybridized carbons (Fsp3) is 0.750. The van der Waals surface area contributed by atoms with Gasteiger partial charge in [0.05, 0.1) is 6.54 Å². The van der Waals surface area contributed by atoms with Crippen molar-refractivity contribution in [1.82, 2.24) is 5.32 Å². The van der Waals surface area contributed by atoms with Crippen LogP contribution in [0.1, 0.15) is 20.3 Å². The van der Waals surface area contributed by atoms with Crippen LogP contribution in [0.4, 0.5) is 0 Å². The van der Waals surface area contributed by atoms with Crippen LogP contribution in [0.5, 0.6) is 0 Å². The summed E-state index contributed by atoms with van der Waals surface area (Å²) in [5.74, 6) is 3.28. The van der Waals surface area contributed by atoms with E-state index in [4.69, 9.17) is 6.42 Å². The van der Waals surface area contributed by atoms with Gasteiger partial charge in [0.1, 0.15) is 0 Å². The van der Waals surface area contributed by atoms with Crippen LogP contribution in [0.25, 0.3) is 0 Å². The van der Waals surface area contributed by atoms with Crippen LogP contribution < -0.4 is 5.32 Å². The molecule has 0 bridgehead atoms. The molecule has 0 aromatic rings. The predicted molar refractivity (Wildman–Crippen MR) is 41.2 cm³/mol. The fourth-order valence-corrected chi connectivity index (χ4v) is 0.535. The maximum Gasteiger partial charge on any atom is 0.0573 e. The molecule has 0 aromatic heterocycles. The molecule has 0 aliphatic heterocycles. The molecule has 0 aliphatic carbocycles. The summed E-state index contributed by atoms with van der Waals surface area (Å²) < 4.78 is 0. The summed E-state index contributed by atoms with van der Waals surface area (Å²) in [7, 11) is 0. The first-order valence-corrected chi connectivity index (χ1v) is 3.45. The predicted octanol–water partition coefficient (Wildman–Crippen LogP) is 1.26. The van der Waals surface area contributed by atoms with E-state index in [0.29, 0.717) is 6.54 Å². The molecule has 0 aliphatic rings. The summed E-state index contributed by atoms with van der Waals surface area (Å²) in [4.78, 5) is 0. The van der Waals surface area contributed by atoms with Gasteiger partial charge < -0.3 is 5.32 Å². The van der Waals surface area contributed by atoms with E-state index in [1.165, 1.54) is 6.42 Å². The van der Waals surface area contributed by atoms with Gasteiger partial charge in [0, 0.05) is 0 Å². The van der Waals surface area contributed by atoms with Gasteiger partial charge >= 0.3 is 0 Å². The van der Waals surface area contributed by atoms with E-state index in [9.17, 15) is 0 Å². The van der Waals surface area contributed by atoms with Gasteiger partial charge in [0.25, 0.3) is 0 Å². The minimum atomic E-state index is 0.699. The third-order valence-corrected chi connectivity index (χ3v) is 1.42. The Bertz CT molecular complexity index is 91.2. The second-order valence-electron chi connectivity index (χ2n) is 2.35. The van der Waals surface area contributed by atoms with Gasteiger partial charge in [-0.3, -0.25) is 0 Å². The number of hydrogen-bond donors (Lipinski definition) is 1. The van der Waals surface area contributed by atoms with Crippen molar-refractivity contribution in [1.29, 1.82) is 0 Å². The molecule has 0 heterocycles. The van der Waals surface area contributed by atoms with E-state index in [1.807, 2.05) is 0 Å². The van der Waals surface area contributed by atoms with E-state index < -0.39 is 0 Å². The Kier molecular flexibility index (Phi) is 5.35. The van der Waals surface area contributed by atoms with Gasteiger partial charge in [-0.1, -0.05) is 26.2 Å². The van der Waals surface area contributed by atoms with Crippen molar-refractivity contribution in [3.63, 3.8) is 0 Å². The molecule has 0 radical (unpaired) electrons. The first-order chi connectivity index (χ1) is 4.31. The summed E-state index contributed by atoms with van der Waals surface area (Å²) >= 11 is 0. The molecular weight excluding hydrogens is 110 g/mol. The third-order valence-electron chi connectivity index (χ3n) is 1.42. The van der Waals surface area contributed by atoms with Gasteiger partial charge in [0.15, 0.2) is 0 Å². The van der Waals surface area contributed by atoms with Crippen LogP contribution in [-0.2, 0) is 0 Å². The molecule has 1 atom stereocenters. The molecule has 1 unspecified atom stereocenters. The van der Waals surface area contributed by atoms with E-state index >= 15 is 0 Å². The first kappa shape index (κ1) is 8.52. The summed E-state index contributed by atoms with van der Waals surface area (Å²) in [5, 5.41) is 3.15. The molecule has 1 heteroatoms. The molecule has 0 saturated carbocycles. The topological polar surface area (TPSA) is 12.0 Å². The minimum absolute atomic E-state index is 0.699. The van der Waals surface area contributed by atoms with E-state index in [1.54, 1.807) is 0 Å². The molecule has 1 N–H and O–H groups in total. The minimum Gasteiger partial charge on any atom is -0.306 e. The van der Waals surface area contributed by atoms with Gasteiger partial charge in [-0.15, -0.1) is 6.42 Å². The SMILES string of the molecule is C#CCNCC(C)CC. The molecular formula is C8H15N. The van der Waals surface area contributed by atoms with Crippen LogP contribution in [0.2, 0.25) is 0 Å². The van der Waals surface area contributed by atoms with Crippen molar-refractivity contribution in [2.45, 2.75) is 20.3 Å². The van der Waals surface area contributed by atoms with Gasteiger partial charge in [-0.05, 0) is 12.5 Å². The Morgan fingerprint density at radius 2 is 2.33 bits per heavy atom. The lowest BCUT2D eigenvalue weighted by Crippen LogP contribution is -2.20. The molecule has 0 rings (SSSR count). The molecule has 9 heavy (non-hydrogen) atoms. The average Bonchev–Trinajstić information content (AvgIpc) is 1.89. The fourth-order valence-electron chi connectivity index (χ4n) is 0.535. The van der Waals surface area contributed by atoms with Gasteiger partial charge in [-0.25, -0.2) is 0 Å². The zero-order valence-electron chi connectivity index (χ0n) is 6.28. The smallest absolute Gasteiger partial charge is 0.0573 e. The van der Waals surface area contributed by atoms with Crippen molar-refractivity contribution in [2.24, 2.45) is 5.92 Å². The molecule has 0 amide bonds. The highest BCUT2D eigenvalue weighted by Gasteiger charge is 1.94. The van der Waals surface area contributed by atoms with E-state index in [0.717, 1.165) is 12.5 Å². The van der Waals surface area contributed by atoms with Crippen LogP contribution in [0.3, 0.4) is 0 Å². The molecule has 0 aromatic carbocycles. The number of rotatable bonds is 4. The highest BCUT2D eigenvalue weighted by molar-refractivity contribution is 4.86. The van der Waals surface area contributed by atoms with Gasteiger partial charge in [-0.2, -0.15) is 0 Å². The van der Waals surface area contributed by atoms with Crippen molar-refractivity contribution in [3.05, 3.63) is 0 Å². The Labute approximate surface area is 57.8 Å². The summed E-state index contributed by atoms with van der Waals surface area (Å²) in [6.45, 7) is 6.14. The molecule has 0 spiro atoms. The quantitative estimate of drug-likeness (QED) is 0.440. The molecule has 0 fully saturated rings. The van der Waals surface area contributed by atoms with Crippen molar-refractivity contribution in [2.75, 3.05) is 13.1 Å². The normalized spacial score (nSPS) is 12.6. The molecule has 1 nitrogen and oxygen atoms in total. The standard InChI is InChI=1S/C8H15N/c1-4-6-9-7-8(3)5-2/h1,8-9H,5-7H2,2-3H3. The number of hydrogen-bond acceptors (Lipinski definition) is 1. The Hall–Kier alpha value is -0.480. The third kappa shape index (κ3) is 5.39. The summed E-state index contributed by atoms with van der Waals surface area (Å²) in [6.07, 6.45) is 6.26. The lowest BCUT2D eigenvalue weighted by atomic mass is 10.1. The maximum atomic E-state index is 5.04. The Balaban J connectivity index is 2.99. The van der Waals surface area contributed by atoms with E-state index in [2.05, 4.69) is 25.1 Å². The van der Waals surface area contributed by atoms with E-state index in [-0.39, 0.29) is 0 Å². The zero-order chi connectivity index (χ0) is 7.11. The maximum absolute atomic E-state index is 5.04. The van der Waals surface area contributed by atoms with Crippen molar-refractivity contribution < 1.29 is 0 Å². The second kappa shape index (κ2) is 5.65. The van der Waals surface area contributed by atoms with Crippen LogP contribution in [-0.4, -0.2) is 13.1 Å².